The molecule has 1 heterocycles. The van der Waals surface area contributed by atoms with Crippen LogP contribution in [0.2, 0.25) is 5.02 Å². The molecule has 1 N–H and O–H groups in total. The van der Waals surface area contributed by atoms with Gasteiger partial charge in [0.25, 0.3) is 10.0 Å². The molecule has 144 valence electrons. The quantitative estimate of drug-likeness (QED) is 0.831. The molecular formula is C16H23ClN4O4S. The first-order valence-electron chi connectivity index (χ1n) is 8.40. The molecule has 8 nitrogen and oxygen atoms in total. The van der Waals surface area contributed by atoms with Gasteiger partial charge in [0.05, 0.1) is 5.02 Å². The molecule has 0 spiro atoms. The Morgan fingerprint density at radius 3 is 2.15 bits per heavy atom. The molecule has 0 aromatic heterocycles. The maximum atomic E-state index is 12.3. The average molecular weight is 403 g/mol. The second-order valence-electron chi connectivity index (χ2n) is 5.77. The molecule has 26 heavy (non-hydrogen) atoms. The zero-order chi connectivity index (χ0) is 19.3. The lowest BCUT2D eigenvalue weighted by molar-refractivity contribution is 0.122. The predicted molar refractivity (Wildman–Crippen MR) is 98.6 cm³/mol. The summed E-state index contributed by atoms with van der Waals surface area (Å²) in [4.78, 5) is 29.2. The Morgan fingerprint density at radius 1 is 1.08 bits per heavy atom. The molecule has 1 aliphatic rings. The first-order chi connectivity index (χ1) is 12.3. The number of urea groups is 2. The van der Waals surface area contributed by atoms with Gasteiger partial charge >= 0.3 is 12.1 Å². The number of nitrogens with one attached hydrogen (secondary N) is 1. The number of hydrogen-bond donors (Lipinski definition) is 1. The van der Waals surface area contributed by atoms with Gasteiger partial charge < -0.3 is 14.7 Å². The number of piperazine rings is 1. The van der Waals surface area contributed by atoms with E-state index < -0.39 is 16.1 Å². The monoisotopic (exact) mass is 402 g/mol. The van der Waals surface area contributed by atoms with Crippen molar-refractivity contribution in [2.45, 2.75) is 18.7 Å². The van der Waals surface area contributed by atoms with Crippen molar-refractivity contribution in [1.29, 1.82) is 0 Å². The van der Waals surface area contributed by atoms with Crippen molar-refractivity contribution in [3.63, 3.8) is 0 Å². The van der Waals surface area contributed by atoms with Gasteiger partial charge in [0, 0.05) is 39.3 Å². The Morgan fingerprint density at radius 2 is 1.62 bits per heavy atom. The Balaban J connectivity index is 1.96. The first kappa shape index (κ1) is 20.3. The van der Waals surface area contributed by atoms with Crippen molar-refractivity contribution in [3.05, 3.63) is 29.3 Å². The second kappa shape index (κ2) is 8.59. The van der Waals surface area contributed by atoms with Gasteiger partial charge in [0.15, 0.2) is 0 Å². The van der Waals surface area contributed by atoms with E-state index >= 15 is 0 Å². The van der Waals surface area contributed by atoms with Gasteiger partial charge in [0.1, 0.15) is 4.90 Å². The number of amides is 4. The van der Waals surface area contributed by atoms with E-state index in [4.69, 9.17) is 11.6 Å². The van der Waals surface area contributed by atoms with Crippen LogP contribution in [0.5, 0.6) is 0 Å². The zero-order valence-electron chi connectivity index (χ0n) is 14.8. The number of benzene rings is 1. The number of hydrogen-bond acceptors (Lipinski definition) is 4. The Hall–Kier alpha value is -2.00. The van der Waals surface area contributed by atoms with E-state index in [0.717, 1.165) is 0 Å². The molecular weight excluding hydrogens is 380 g/mol. The van der Waals surface area contributed by atoms with E-state index in [-0.39, 0.29) is 29.0 Å². The molecule has 0 bridgehead atoms. The third-order valence-corrected chi connectivity index (χ3v) is 6.04. The molecule has 0 aliphatic carbocycles. The normalized spacial score (nSPS) is 14.9. The van der Waals surface area contributed by atoms with Crippen LogP contribution in [-0.4, -0.2) is 74.4 Å². The van der Waals surface area contributed by atoms with Crippen molar-refractivity contribution in [3.8, 4) is 0 Å². The van der Waals surface area contributed by atoms with E-state index in [1.54, 1.807) is 15.9 Å². The molecule has 2 rings (SSSR count). The van der Waals surface area contributed by atoms with Crippen LogP contribution in [0.15, 0.2) is 29.2 Å². The summed E-state index contributed by atoms with van der Waals surface area (Å²) in [6.07, 6.45) is 0. The maximum absolute atomic E-state index is 12.3. The van der Waals surface area contributed by atoms with Crippen LogP contribution < -0.4 is 4.72 Å². The molecule has 1 aromatic rings. The van der Waals surface area contributed by atoms with E-state index in [1.807, 2.05) is 18.6 Å². The van der Waals surface area contributed by atoms with Crippen molar-refractivity contribution in [2.24, 2.45) is 0 Å². The van der Waals surface area contributed by atoms with Crippen LogP contribution in [0.4, 0.5) is 9.59 Å². The number of carbonyl (C=O) groups excluding carboxylic acids is 2. The highest BCUT2D eigenvalue weighted by Crippen LogP contribution is 2.20. The molecule has 0 atom stereocenters. The fourth-order valence-corrected chi connectivity index (χ4v) is 4.18. The lowest BCUT2D eigenvalue weighted by atomic mass is 10.3. The van der Waals surface area contributed by atoms with Gasteiger partial charge in [-0.15, -0.1) is 0 Å². The third-order valence-electron chi connectivity index (χ3n) is 4.22. The summed E-state index contributed by atoms with van der Waals surface area (Å²) in [7, 11) is -4.05. The highest BCUT2D eigenvalue weighted by Gasteiger charge is 2.29. The molecule has 0 saturated carbocycles. The molecule has 1 aromatic carbocycles. The van der Waals surface area contributed by atoms with Gasteiger partial charge in [-0.2, -0.15) is 0 Å². The van der Waals surface area contributed by atoms with E-state index in [2.05, 4.69) is 0 Å². The summed E-state index contributed by atoms with van der Waals surface area (Å²) < 4.78 is 26.7. The summed E-state index contributed by atoms with van der Waals surface area (Å²) in [5.41, 5.74) is 0. The van der Waals surface area contributed by atoms with Crippen LogP contribution in [-0.2, 0) is 10.0 Å². The maximum Gasteiger partial charge on any atom is 0.331 e. The van der Waals surface area contributed by atoms with Gasteiger partial charge in [-0.3, -0.25) is 0 Å². The summed E-state index contributed by atoms with van der Waals surface area (Å²) in [6.45, 7) is 6.28. The molecule has 1 saturated heterocycles. The molecule has 10 heteroatoms. The van der Waals surface area contributed by atoms with Crippen LogP contribution in [0.1, 0.15) is 13.8 Å². The largest absolute Gasteiger partial charge is 0.331 e. The van der Waals surface area contributed by atoms with E-state index in [9.17, 15) is 18.0 Å². The summed E-state index contributed by atoms with van der Waals surface area (Å²) in [5, 5.41) is 0.0439. The average Bonchev–Trinajstić information content (AvgIpc) is 2.62. The first-order valence-corrected chi connectivity index (χ1v) is 10.3. The number of sulfonamides is 1. The third kappa shape index (κ3) is 4.59. The van der Waals surface area contributed by atoms with Crippen molar-refractivity contribution in [1.82, 2.24) is 19.4 Å². The minimum atomic E-state index is -4.05. The van der Waals surface area contributed by atoms with Gasteiger partial charge in [-0.05, 0) is 26.0 Å². The van der Waals surface area contributed by atoms with Crippen LogP contribution in [0, 0.1) is 0 Å². The lowest BCUT2D eigenvalue weighted by Gasteiger charge is -2.37. The summed E-state index contributed by atoms with van der Waals surface area (Å²) in [5.74, 6) is 0. The Bertz CT molecular complexity index is 759. The molecule has 1 fully saturated rings. The van der Waals surface area contributed by atoms with Crippen LogP contribution in [0.3, 0.4) is 0 Å². The van der Waals surface area contributed by atoms with Crippen molar-refractivity contribution in [2.75, 3.05) is 39.3 Å². The molecule has 1 aliphatic heterocycles. The Kier molecular flexibility index (Phi) is 6.71. The standard InChI is InChI=1S/C16H23ClN4O4S/c1-3-19(4-2)16(23)21-11-9-20(10-12-21)15(22)18-26(24,25)14-8-6-5-7-13(14)17/h5-8H,3-4,9-12H2,1-2H3,(H,18,22). The smallest absolute Gasteiger partial charge is 0.325 e. The number of halogens is 1. The highest BCUT2D eigenvalue weighted by molar-refractivity contribution is 7.90. The number of nitrogens with zero attached hydrogens (tertiary/aromatic N) is 3. The Labute approximate surface area is 158 Å². The van der Waals surface area contributed by atoms with E-state index in [1.165, 1.54) is 23.1 Å². The van der Waals surface area contributed by atoms with Gasteiger partial charge in [-0.1, -0.05) is 23.7 Å². The van der Waals surface area contributed by atoms with Crippen molar-refractivity contribution >= 4 is 33.7 Å². The topological polar surface area (TPSA) is 90.0 Å². The van der Waals surface area contributed by atoms with Crippen LogP contribution in [0.25, 0.3) is 0 Å². The van der Waals surface area contributed by atoms with Gasteiger partial charge in [-0.25, -0.2) is 22.7 Å². The molecule has 4 amide bonds. The lowest BCUT2D eigenvalue weighted by Crippen LogP contribution is -2.56. The van der Waals surface area contributed by atoms with E-state index in [0.29, 0.717) is 26.2 Å². The fraction of sp³-hybridized carbons (Fsp3) is 0.500. The predicted octanol–water partition coefficient (Wildman–Crippen LogP) is 1.82. The van der Waals surface area contributed by atoms with Crippen LogP contribution >= 0.6 is 11.6 Å². The fourth-order valence-electron chi connectivity index (χ4n) is 2.69. The minimum absolute atomic E-state index is 0.0439. The minimum Gasteiger partial charge on any atom is -0.325 e. The SMILES string of the molecule is CCN(CC)C(=O)N1CCN(C(=O)NS(=O)(=O)c2ccccc2Cl)CC1. The highest BCUT2D eigenvalue weighted by atomic mass is 35.5. The van der Waals surface area contributed by atoms with Crippen molar-refractivity contribution < 1.29 is 18.0 Å². The van der Waals surface area contributed by atoms with Gasteiger partial charge in [0.2, 0.25) is 0 Å². The number of rotatable bonds is 4. The number of carbonyl (C=O) groups is 2. The molecule has 0 unspecified atom stereocenters. The zero-order valence-corrected chi connectivity index (χ0v) is 16.4. The summed E-state index contributed by atoms with van der Waals surface area (Å²) >= 11 is 5.90. The second-order valence-corrected chi connectivity index (χ2v) is 7.83. The summed E-state index contributed by atoms with van der Waals surface area (Å²) in [6, 6.07) is 5.12. The molecule has 0 radical (unpaired) electrons.